The van der Waals surface area contributed by atoms with Crippen LogP contribution in [0.5, 0.6) is 11.5 Å². The second kappa shape index (κ2) is 16.6. The van der Waals surface area contributed by atoms with E-state index in [0.29, 0.717) is 0 Å². The highest BCUT2D eigenvalue weighted by Crippen LogP contribution is 2.13. The van der Waals surface area contributed by atoms with Crippen LogP contribution in [-0.2, 0) is 0 Å². The fraction of sp³-hybridized carbons (Fsp3) is 0.400. The summed E-state index contributed by atoms with van der Waals surface area (Å²) in [7, 11) is 0. The molecular formula is C25H34ClN5O2. The van der Waals surface area contributed by atoms with Crippen molar-refractivity contribution in [2.24, 2.45) is 14.7 Å². The maximum absolute atomic E-state index is 5.71. The number of unbranched alkanes of at least 4 members (excludes halogenated alkanes) is 4. The van der Waals surface area contributed by atoms with Gasteiger partial charge < -0.3 is 9.47 Å². The molecule has 178 valence electrons. The lowest BCUT2D eigenvalue weighted by Crippen LogP contribution is -2.30. The molecule has 0 fully saturated rings. The van der Waals surface area contributed by atoms with Gasteiger partial charge in [0, 0.05) is 11.8 Å². The number of hydrazone groups is 2. The first-order valence-electron chi connectivity index (χ1n) is 11.5. The van der Waals surface area contributed by atoms with E-state index in [2.05, 4.69) is 39.4 Å². The van der Waals surface area contributed by atoms with Crippen molar-refractivity contribution in [2.45, 2.75) is 52.4 Å². The maximum atomic E-state index is 5.71. The van der Waals surface area contributed by atoms with E-state index in [0.717, 1.165) is 48.7 Å². The Balaban J connectivity index is 1.73. The van der Waals surface area contributed by atoms with E-state index in [-0.39, 0.29) is 5.96 Å². The van der Waals surface area contributed by atoms with Gasteiger partial charge in [0.1, 0.15) is 11.5 Å². The summed E-state index contributed by atoms with van der Waals surface area (Å²) in [6.07, 6.45) is 10.2. The molecule has 0 bridgehead atoms. The van der Waals surface area contributed by atoms with Gasteiger partial charge in [0.2, 0.25) is 5.96 Å². The third-order valence-corrected chi connectivity index (χ3v) is 4.82. The molecule has 0 spiro atoms. The molecule has 0 radical (unpaired) electrons. The SMILES string of the molecule is CCCCCOc1ccc(/C=N/NC(=NCl)N/N=C/c2ccc(OCCCCC)cc2)cc1. The van der Waals surface area contributed by atoms with Crippen molar-refractivity contribution >= 4 is 30.2 Å². The van der Waals surface area contributed by atoms with Crippen molar-refractivity contribution in [2.75, 3.05) is 13.2 Å². The van der Waals surface area contributed by atoms with Crippen molar-refractivity contribution in [1.29, 1.82) is 0 Å². The van der Waals surface area contributed by atoms with Crippen LogP contribution in [0.25, 0.3) is 0 Å². The monoisotopic (exact) mass is 471 g/mol. The molecular weight excluding hydrogens is 438 g/mol. The zero-order valence-corrected chi connectivity index (χ0v) is 20.2. The molecule has 0 atom stereocenters. The van der Waals surface area contributed by atoms with Crippen molar-refractivity contribution in [1.82, 2.24) is 10.9 Å². The molecule has 2 N–H and O–H groups in total. The molecule has 0 heterocycles. The van der Waals surface area contributed by atoms with Crippen LogP contribution in [0, 0.1) is 0 Å². The summed E-state index contributed by atoms with van der Waals surface area (Å²) < 4.78 is 15.0. The number of ether oxygens (including phenoxy) is 2. The molecule has 0 aliphatic rings. The number of hydrogen-bond acceptors (Lipinski definition) is 5. The number of guanidine groups is 1. The molecule has 2 rings (SSSR count). The number of halogens is 1. The lowest BCUT2D eigenvalue weighted by Gasteiger charge is -2.06. The third kappa shape index (κ3) is 11.4. The van der Waals surface area contributed by atoms with E-state index < -0.39 is 0 Å². The van der Waals surface area contributed by atoms with Gasteiger partial charge in [-0.15, -0.1) is 4.51 Å². The van der Waals surface area contributed by atoms with E-state index in [1.54, 1.807) is 12.4 Å². The summed E-state index contributed by atoms with van der Waals surface area (Å²) in [6, 6.07) is 15.4. The van der Waals surface area contributed by atoms with Gasteiger partial charge in [-0.3, -0.25) is 0 Å². The fourth-order valence-electron chi connectivity index (χ4n) is 2.78. The lowest BCUT2D eigenvalue weighted by molar-refractivity contribution is 0.306. The minimum atomic E-state index is 0.205. The quantitative estimate of drug-likeness (QED) is 0.156. The van der Waals surface area contributed by atoms with E-state index >= 15 is 0 Å². The van der Waals surface area contributed by atoms with Crippen LogP contribution in [0.4, 0.5) is 0 Å². The molecule has 0 aliphatic heterocycles. The molecule has 7 nitrogen and oxygen atoms in total. The minimum absolute atomic E-state index is 0.205. The number of rotatable bonds is 14. The van der Waals surface area contributed by atoms with E-state index in [4.69, 9.17) is 21.3 Å². The molecule has 33 heavy (non-hydrogen) atoms. The Morgan fingerprint density at radius 2 is 1.15 bits per heavy atom. The first-order chi connectivity index (χ1) is 16.2. The predicted octanol–water partition coefficient (Wildman–Crippen LogP) is 5.88. The van der Waals surface area contributed by atoms with Gasteiger partial charge in [-0.25, -0.2) is 10.9 Å². The lowest BCUT2D eigenvalue weighted by atomic mass is 10.2. The number of nitrogens with one attached hydrogen (secondary N) is 2. The summed E-state index contributed by atoms with van der Waals surface area (Å²) >= 11 is 5.60. The summed E-state index contributed by atoms with van der Waals surface area (Å²) in [5, 5.41) is 8.25. The average molecular weight is 472 g/mol. The van der Waals surface area contributed by atoms with Gasteiger partial charge in [-0.1, -0.05) is 39.5 Å². The predicted molar refractivity (Wildman–Crippen MR) is 138 cm³/mol. The second-order valence-corrected chi connectivity index (χ2v) is 7.59. The third-order valence-electron chi connectivity index (χ3n) is 4.65. The van der Waals surface area contributed by atoms with E-state index in [1.165, 1.54) is 25.7 Å². The van der Waals surface area contributed by atoms with Crippen LogP contribution in [0.3, 0.4) is 0 Å². The normalized spacial score (nSPS) is 11.0. The summed E-state index contributed by atoms with van der Waals surface area (Å²) in [5.74, 6) is 1.91. The van der Waals surface area contributed by atoms with Crippen molar-refractivity contribution < 1.29 is 9.47 Å². The van der Waals surface area contributed by atoms with Crippen LogP contribution in [0.2, 0.25) is 0 Å². The first-order valence-corrected chi connectivity index (χ1v) is 11.8. The van der Waals surface area contributed by atoms with Crippen molar-refractivity contribution in [3.63, 3.8) is 0 Å². The Morgan fingerprint density at radius 3 is 1.52 bits per heavy atom. The molecule has 0 unspecified atom stereocenters. The molecule has 0 amide bonds. The van der Waals surface area contributed by atoms with Gasteiger partial charge in [-0.05, 0) is 72.5 Å². The highest BCUT2D eigenvalue weighted by Gasteiger charge is 1.97. The number of nitrogens with zero attached hydrogens (tertiary/aromatic N) is 3. The number of benzene rings is 2. The topological polar surface area (TPSA) is 79.6 Å². The van der Waals surface area contributed by atoms with Crippen LogP contribution < -0.4 is 20.3 Å². The summed E-state index contributed by atoms with van der Waals surface area (Å²) in [6.45, 7) is 5.83. The molecule has 0 aromatic heterocycles. The van der Waals surface area contributed by atoms with Gasteiger partial charge in [0.05, 0.1) is 25.6 Å². The van der Waals surface area contributed by atoms with Crippen LogP contribution in [0.15, 0.2) is 63.2 Å². The van der Waals surface area contributed by atoms with Gasteiger partial charge in [0.15, 0.2) is 0 Å². The minimum Gasteiger partial charge on any atom is -0.494 e. The Labute approximate surface area is 202 Å². The van der Waals surface area contributed by atoms with Crippen LogP contribution in [-0.4, -0.2) is 31.6 Å². The summed E-state index contributed by atoms with van der Waals surface area (Å²) in [4.78, 5) is 0. The molecule has 2 aromatic rings. The first kappa shape index (κ1) is 26.2. The highest BCUT2D eigenvalue weighted by atomic mass is 35.5. The van der Waals surface area contributed by atoms with Crippen molar-refractivity contribution in [3.8, 4) is 11.5 Å². The standard InChI is InChI=1S/C25H34ClN5O2/c1-3-5-7-17-32-23-13-9-21(10-14-23)19-27-30-25(29-26)31-28-20-22-11-15-24(16-12-22)33-18-8-6-4-2/h9-16,19-20H,3-8,17-18H2,1-2H3,(H2,29,30,31)/b27-19+,28-20+. The Morgan fingerprint density at radius 1 is 0.727 bits per heavy atom. The molecule has 0 saturated carbocycles. The van der Waals surface area contributed by atoms with Crippen LogP contribution >= 0.6 is 11.8 Å². The van der Waals surface area contributed by atoms with Gasteiger partial charge in [-0.2, -0.15) is 10.2 Å². The fourth-order valence-corrected chi connectivity index (χ4v) is 2.86. The van der Waals surface area contributed by atoms with Crippen LogP contribution in [0.1, 0.15) is 63.5 Å². The maximum Gasteiger partial charge on any atom is 0.250 e. The molecule has 8 heteroatoms. The summed E-state index contributed by atoms with van der Waals surface area (Å²) in [5.41, 5.74) is 7.27. The van der Waals surface area contributed by atoms with Gasteiger partial charge in [0.25, 0.3) is 0 Å². The average Bonchev–Trinajstić information content (AvgIpc) is 2.85. The smallest absolute Gasteiger partial charge is 0.250 e. The van der Waals surface area contributed by atoms with E-state index in [1.807, 2.05) is 48.5 Å². The van der Waals surface area contributed by atoms with E-state index in [9.17, 15) is 0 Å². The molecule has 2 aromatic carbocycles. The van der Waals surface area contributed by atoms with Crippen molar-refractivity contribution in [3.05, 3.63) is 59.7 Å². The molecule has 0 saturated heterocycles. The van der Waals surface area contributed by atoms with Gasteiger partial charge >= 0.3 is 0 Å². The Hall–Kier alpha value is -3.06. The number of hydrogen-bond donors (Lipinski definition) is 2. The zero-order valence-electron chi connectivity index (χ0n) is 19.5. The Kier molecular flexibility index (Phi) is 13.1. The second-order valence-electron chi connectivity index (χ2n) is 7.42. The molecule has 0 aliphatic carbocycles. The zero-order chi connectivity index (χ0) is 23.6. The highest BCUT2D eigenvalue weighted by molar-refractivity contribution is 6.19. The Bertz CT molecular complexity index is 798. The largest absolute Gasteiger partial charge is 0.494 e.